The van der Waals surface area contributed by atoms with E-state index in [1.54, 1.807) is 12.1 Å². The van der Waals surface area contributed by atoms with Crippen molar-refractivity contribution in [2.45, 2.75) is 44.9 Å². The van der Waals surface area contributed by atoms with Crippen LogP contribution in [0.2, 0.25) is 0 Å². The summed E-state index contributed by atoms with van der Waals surface area (Å²) in [7, 11) is 0. The molecule has 152 valence electrons. The zero-order valence-electron chi connectivity index (χ0n) is 16.6. The van der Waals surface area contributed by atoms with Crippen molar-refractivity contribution < 1.29 is 17.9 Å². The second-order valence-electron chi connectivity index (χ2n) is 7.49. The molecular formula is C25H25F3O. The number of hydrogen-bond donors (Lipinski definition) is 0. The Balaban J connectivity index is 1.60. The maximum absolute atomic E-state index is 14.5. The number of hydrogen-bond acceptors (Lipinski definition) is 1. The van der Waals surface area contributed by atoms with Crippen LogP contribution in [0.5, 0.6) is 5.75 Å². The van der Waals surface area contributed by atoms with Gasteiger partial charge in [-0.1, -0.05) is 30.0 Å². The molecule has 0 heterocycles. The SMILES string of the molecule is C=CCCOc1ccc(C2CCC(C#Cc3ccc(C)c(F)c3F)CC2)c(F)c1. The summed E-state index contributed by atoms with van der Waals surface area (Å²) in [5.74, 6) is 4.67. The molecule has 0 saturated heterocycles. The summed E-state index contributed by atoms with van der Waals surface area (Å²) in [5, 5.41) is 0. The third kappa shape index (κ3) is 5.23. The summed E-state index contributed by atoms with van der Waals surface area (Å²) in [6.45, 7) is 5.64. The van der Waals surface area contributed by atoms with E-state index in [2.05, 4.69) is 18.4 Å². The maximum atomic E-state index is 14.5. The largest absolute Gasteiger partial charge is 0.493 e. The Labute approximate surface area is 170 Å². The van der Waals surface area contributed by atoms with E-state index in [1.165, 1.54) is 25.1 Å². The van der Waals surface area contributed by atoms with Crippen molar-refractivity contribution in [2.24, 2.45) is 5.92 Å². The summed E-state index contributed by atoms with van der Waals surface area (Å²) >= 11 is 0. The first-order valence-corrected chi connectivity index (χ1v) is 9.99. The van der Waals surface area contributed by atoms with Crippen molar-refractivity contribution in [1.29, 1.82) is 0 Å². The molecule has 0 bridgehead atoms. The van der Waals surface area contributed by atoms with Crippen LogP contribution in [0, 0.1) is 42.1 Å². The zero-order valence-corrected chi connectivity index (χ0v) is 16.6. The summed E-state index contributed by atoms with van der Waals surface area (Å²) in [4.78, 5) is 0. The van der Waals surface area contributed by atoms with Crippen LogP contribution in [-0.4, -0.2) is 6.61 Å². The lowest BCUT2D eigenvalue weighted by Gasteiger charge is -2.26. The van der Waals surface area contributed by atoms with Crippen LogP contribution in [0.3, 0.4) is 0 Å². The Hall–Kier alpha value is -2.67. The second kappa shape index (κ2) is 9.69. The Morgan fingerprint density at radius 2 is 1.83 bits per heavy atom. The van der Waals surface area contributed by atoms with Gasteiger partial charge in [0.05, 0.1) is 12.2 Å². The molecule has 0 spiro atoms. The molecule has 0 unspecified atom stereocenters. The van der Waals surface area contributed by atoms with E-state index >= 15 is 0 Å². The first kappa shape index (κ1) is 21.0. The van der Waals surface area contributed by atoms with Crippen LogP contribution in [0.25, 0.3) is 0 Å². The molecule has 0 N–H and O–H groups in total. The monoisotopic (exact) mass is 398 g/mol. The number of rotatable bonds is 5. The Morgan fingerprint density at radius 3 is 2.52 bits per heavy atom. The van der Waals surface area contributed by atoms with Crippen molar-refractivity contribution >= 4 is 0 Å². The van der Waals surface area contributed by atoms with Gasteiger partial charge in [-0.25, -0.2) is 13.2 Å². The lowest BCUT2D eigenvalue weighted by Crippen LogP contribution is -2.13. The van der Waals surface area contributed by atoms with Crippen LogP contribution in [0.4, 0.5) is 13.2 Å². The first-order valence-electron chi connectivity index (χ1n) is 9.99. The molecule has 3 rings (SSSR count). The van der Waals surface area contributed by atoms with E-state index in [1.807, 2.05) is 6.07 Å². The van der Waals surface area contributed by atoms with Gasteiger partial charge in [0.15, 0.2) is 11.6 Å². The van der Waals surface area contributed by atoms with Crippen molar-refractivity contribution in [2.75, 3.05) is 6.61 Å². The van der Waals surface area contributed by atoms with Crippen LogP contribution in [0.15, 0.2) is 43.0 Å². The van der Waals surface area contributed by atoms with Gasteiger partial charge in [0, 0.05) is 12.0 Å². The average molecular weight is 398 g/mol. The highest BCUT2D eigenvalue weighted by Gasteiger charge is 2.23. The molecule has 2 aromatic rings. The normalized spacial score (nSPS) is 18.6. The highest BCUT2D eigenvalue weighted by Crippen LogP contribution is 2.37. The third-order valence-electron chi connectivity index (χ3n) is 5.42. The van der Waals surface area contributed by atoms with E-state index in [9.17, 15) is 13.2 Å². The lowest BCUT2D eigenvalue weighted by molar-refractivity contribution is 0.322. The smallest absolute Gasteiger partial charge is 0.174 e. The van der Waals surface area contributed by atoms with Crippen molar-refractivity contribution in [3.63, 3.8) is 0 Å². The molecule has 4 heteroatoms. The van der Waals surface area contributed by atoms with Crippen molar-refractivity contribution in [3.8, 4) is 17.6 Å². The molecule has 0 aromatic heterocycles. The fraction of sp³-hybridized carbons (Fsp3) is 0.360. The van der Waals surface area contributed by atoms with Gasteiger partial charge in [-0.15, -0.1) is 6.58 Å². The molecule has 1 aliphatic rings. The number of halogens is 3. The highest BCUT2D eigenvalue weighted by atomic mass is 19.2. The zero-order chi connectivity index (χ0) is 20.8. The average Bonchev–Trinajstić information content (AvgIpc) is 2.72. The molecule has 1 nitrogen and oxygen atoms in total. The number of aryl methyl sites for hydroxylation is 1. The summed E-state index contributed by atoms with van der Waals surface area (Å²) < 4.78 is 47.6. The van der Waals surface area contributed by atoms with Gasteiger partial charge < -0.3 is 4.74 Å². The molecule has 0 amide bonds. The minimum atomic E-state index is -0.886. The second-order valence-corrected chi connectivity index (χ2v) is 7.49. The molecule has 1 saturated carbocycles. The van der Waals surface area contributed by atoms with Gasteiger partial charge in [-0.3, -0.25) is 0 Å². The van der Waals surface area contributed by atoms with E-state index < -0.39 is 11.6 Å². The minimum Gasteiger partial charge on any atom is -0.493 e. The quantitative estimate of drug-likeness (QED) is 0.310. The van der Waals surface area contributed by atoms with Crippen LogP contribution in [-0.2, 0) is 0 Å². The fourth-order valence-electron chi connectivity index (χ4n) is 3.66. The Bertz CT molecular complexity index is 931. The molecule has 0 aliphatic heterocycles. The third-order valence-corrected chi connectivity index (χ3v) is 5.42. The van der Waals surface area contributed by atoms with Crippen molar-refractivity contribution in [1.82, 2.24) is 0 Å². The van der Waals surface area contributed by atoms with Gasteiger partial charge in [0.2, 0.25) is 0 Å². The van der Waals surface area contributed by atoms with Crippen LogP contribution >= 0.6 is 0 Å². The molecule has 0 radical (unpaired) electrons. The van der Waals surface area contributed by atoms with Crippen LogP contribution in [0.1, 0.15) is 54.7 Å². The molecule has 1 aliphatic carbocycles. The number of ether oxygens (including phenoxy) is 1. The van der Waals surface area contributed by atoms with Gasteiger partial charge >= 0.3 is 0 Å². The summed E-state index contributed by atoms with van der Waals surface area (Å²) in [6, 6.07) is 8.11. The molecular weight excluding hydrogens is 373 g/mol. The topological polar surface area (TPSA) is 9.23 Å². The maximum Gasteiger partial charge on any atom is 0.174 e. The predicted octanol–water partition coefficient (Wildman–Crippen LogP) is 6.69. The summed E-state index contributed by atoms with van der Waals surface area (Å²) in [5.41, 5.74) is 1.07. The first-order chi connectivity index (χ1) is 14.0. The van der Waals surface area contributed by atoms with Crippen molar-refractivity contribution in [3.05, 3.63) is 77.1 Å². The van der Waals surface area contributed by atoms with E-state index in [-0.39, 0.29) is 28.8 Å². The van der Waals surface area contributed by atoms with Gasteiger partial charge in [-0.2, -0.15) is 0 Å². The van der Waals surface area contributed by atoms with Gasteiger partial charge in [0.25, 0.3) is 0 Å². The molecule has 0 atom stereocenters. The van der Waals surface area contributed by atoms with Gasteiger partial charge in [0.1, 0.15) is 11.6 Å². The van der Waals surface area contributed by atoms with Gasteiger partial charge in [-0.05, 0) is 68.2 Å². The predicted molar refractivity (Wildman–Crippen MR) is 109 cm³/mol. The van der Waals surface area contributed by atoms with E-state index in [0.29, 0.717) is 24.3 Å². The highest BCUT2D eigenvalue weighted by molar-refractivity contribution is 5.39. The molecule has 2 aromatic carbocycles. The summed E-state index contributed by atoms with van der Waals surface area (Å²) in [6.07, 6.45) is 5.73. The molecule has 29 heavy (non-hydrogen) atoms. The Morgan fingerprint density at radius 1 is 1.07 bits per heavy atom. The lowest BCUT2D eigenvalue weighted by atomic mass is 9.78. The number of benzene rings is 2. The minimum absolute atomic E-state index is 0.0910. The molecule has 1 fully saturated rings. The fourth-order valence-corrected chi connectivity index (χ4v) is 3.66. The standard InChI is InChI=1S/C25H25F3O/c1-3-4-15-29-21-13-14-22(23(26)16-21)19-10-6-18(7-11-19)8-12-20-9-5-17(2)24(27)25(20)28/h3,5,9,13-14,16,18-19H,1,4,6-7,10-11,15H2,2H3. The van der Waals surface area contributed by atoms with E-state index in [0.717, 1.165) is 25.7 Å². The Kier molecular flexibility index (Phi) is 7.04. The van der Waals surface area contributed by atoms with E-state index in [4.69, 9.17) is 4.74 Å². The van der Waals surface area contributed by atoms with Crippen LogP contribution < -0.4 is 4.74 Å².